The molecule has 31 heavy (non-hydrogen) atoms. The van der Waals surface area contributed by atoms with Gasteiger partial charge in [-0.15, -0.1) is 0 Å². The molecule has 0 aliphatic carbocycles. The zero-order chi connectivity index (χ0) is 22.2. The summed E-state index contributed by atoms with van der Waals surface area (Å²) < 4.78 is 41.3. The van der Waals surface area contributed by atoms with E-state index in [1.54, 1.807) is 6.92 Å². The van der Waals surface area contributed by atoms with Gasteiger partial charge in [-0.05, 0) is 49.6 Å². The van der Waals surface area contributed by atoms with Crippen molar-refractivity contribution in [2.75, 3.05) is 32.7 Å². The van der Waals surface area contributed by atoms with E-state index in [2.05, 4.69) is 11.0 Å². The minimum absolute atomic E-state index is 0.0598. The third-order valence-corrected chi connectivity index (χ3v) is 8.10. The molecule has 1 atom stereocenters. The number of sulfonamides is 1. The van der Waals surface area contributed by atoms with Crippen LogP contribution in [0, 0.1) is 19.7 Å². The quantitative estimate of drug-likeness (QED) is 0.726. The SMILES string of the molecule is Cc1cccc(CN2CCN3CCN(S(=O)(=O)c4ccc(F)c(C)c4)CCC3C2=O)c1. The van der Waals surface area contributed by atoms with E-state index in [4.69, 9.17) is 0 Å². The second-order valence-electron chi connectivity index (χ2n) is 8.40. The predicted molar refractivity (Wildman–Crippen MR) is 116 cm³/mol. The fourth-order valence-corrected chi connectivity index (χ4v) is 5.96. The van der Waals surface area contributed by atoms with Crippen LogP contribution in [0.2, 0.25) is 0 Å². The van der Waals surface area contributed by atoms with Crippen molar-refractivity contribution in [3.8, 4) is 0 Å². The Labute approximate surface area is 183 Å². The standard InChI is InChI=1S/C23H28FN3O3S/c1-17-4-3-5-19(14-17)16-26-11-10-25-12-13-27(9-8-22(25)23(26)28)31(29,30)20-6-7-21(24)18(2)15-20/h3-7,14-15,22H,8-13,16H2,1-2H3. The van der Waals surface area contributed by atoms with Gasteiger partial charge in [-0.1, -0.05) is 29.8 Å². The Balaban J connectivity index is 1.48. The maximum atomic E-state index is 13.6. The number of rotatable bonds is 4. The smallest absolute Gasteiger partial charge is 0.243 e. The molecular formula is C23H28FN3O3S. The summed E-state index contributed by atoms with van der Waals surface area (Å²) in [5.41, 5.74) is 2.57. The number of aryl methyl sites for hydroxylation is 2. The van der Waals surface area contributed by atoms with Crippen LogP contribution < -0.4 is 0 Å². The first-order valence-corrected chi connectivity index (χ1v) is 12.0. The first kappa shape index (κ1) is 21.9. The number of carbonyl (C=O) groups excluding carboxylic acids is 1. The van der Waals surface area contributed by atoms with Crippen molar-refractivity contribution < 1.29 is 17.6 Å². The van der Waals surface area contributed by atoms with Crippen molar-refractivity contribution in [3.63, 3.8) is 0 Å². The third kappa shape index (κ3) is 4.51. The van der Waals surface area contributed by atoms with E-state index in [0.29, 0.717) is 38.2 Å². The Bertz CT molecular complexity index is 1090. The molecule has 0 spiro atoms. The Morgan fingerprint density at radius 3 is 2.52 bits per heavy atom. The summed E-state index contributed by atoms with van der Waals surface area (Å²) in [5, 5.41) is 0. The van der Waals surface area contributed by atoms with E-state index in [-0.39, 0.29) is 23.4 Å². The summed E-state index contributed by atoms with van der Waals surface area (Å²) in [6.45, 7) is 6.61. The Hall–Kier alpha value is -2.29. The zero-order valence-electron chi connectivity index (χ0n) is 17.9. The van der Waals surface area contributed by atoms with Gasteiger partial charge in [0.2, 0.25) is 15.9 Å². The van der Waals surface area contributed by atoms with Crippen molar-refractivity contribution in [2.24, 2.45) is 0 Å². The molecule has 1 amide bonds. The molecule has 2 aliphatic rings. The topological polar surface area (TPSA) is 60.9 Å². The molecule has 2 fully saturated rings. The van der Waals surface area contributed by atoms with Gasteiger partial charge in [0.25, 0.3) is 0 Å². The van der Waals surface area contributed by atoms with Gasteiger partial charge >= 0.3 is 0 Å². The van der Waals surface area contributed by atoms with Gasteiger partial charge in [-0.25, -0.2) is 12.8 Å². The summed E-state index contributed by atoms with van der Waals surface area (Å²) in [7, 11) is -3.74. The molecule has 0 saturated carbocycles. The van der Waals surface area contributed by atoms with Crippen molar-refractivity contribution in [1.82, 2.24) is 14.1 Å². The molecule has 6 nitrogen and oxygen atoms in total. The lowest BCUT2D eigenvalue weighted by molar-refractivity contribution is -0.142. The number of nitrogens with zero attached hydrogens (tertiary/aromatic N) is 3. The van der Waals surface area contributed by atoms with Gasteiger partial charge in [0.15, 0.2) is 0 Å². The maximum absolute atomic E-state index is 13.6. The van der Waals surface area contributed by atoms with Gasteiger partial charge < -0.3 is 4.90 Å². The number of halogens is 1. The Kier molecular flexibility index (Phi) is 6.14. The highest BCUT2D eigenvalue weighted by Crippen LogP contribution is 2.24. The van der Waals surface area contributed by atoms with E-state index in [0.717, 1.165) is 17.7 Å². The van der Waals surface area contributed by atoms with E-state index in [9.17, 15) is 17.6 Å². The maximum Gasteiger partial charge on any atom is 0.243 e. The fourth-order valence-electron chi connectivity index (χ4n) is 4.43. The first-order valence-electron chi connectivity index (χ1n) is 10.6. The summed E-state index contributed by atoms with van der Waals surface area (Å²) in [6, 6.07) is 11.7. The van der Waals surface area contributed by atoms with Crippen LogP contribution in [0.5, 0.6) is 0 Å². The second-order valence-corrected chi connectivity index (χ2v) is 10.3. The van der Waals surface area contributed by atoms with E-state index in [1.807, 2.05) is 30.0 Å². The number of hydrogen-bond acceptors (Lipinski definition) is 4. The fraction of sp³-hybridized carbons (Fsp3) is 0.435. The number of amides is 1. The Morgan fingerprint density at radius 1 is 1.00 bits per heavy atom. The Morgan fingerprint density at radius 2 is 1.77 bits per heavy atom. The van der Waals surface area contributed by atoms with Crippen LogP contribution in [0.3, 0.4) is 0 Å². The average molecular weight is 446 g/mol. The molecule has 2 aliphatic heterocycles. The summed E-state index contributed by atoms with van der Waals surface area (Å²) in [4.78, 5) is 17.3. The van der Waals surface area contributed by atoms with Crippen LogP contribution in [0.25, 0.3) is 0 Å². The molecule has 2 aromatic rings. The van der Waals surface area contributed by atoms with Crippen LogP contribution in [0.4, 0.5) is 4.39 Å². The van der Waals surface area contributed by atoms with Crippen LogP contribution in [-0.4, -0.2) is 67.2 Å². The lowest BCUT2D eigenvalue weighted by atomic mass is 10.1. The molecule has 2 saturated heterocycles. The normalized spacial score (nSPS) is 21.1. The lowest BCUT2D eigenvalue weighted by Gasteiger charge is -2.39. The number of fused-ring (bicyclic) bond motifs is 1. The van der Waals surface area contributed by atoms with Crippen LogP contribution in [0.1, 0.15) is 23.1 Å². The van der Waals surface area contributed by atoms with Crippen LogP contribution in [-0.2, 0) is 21.4 Å². The van der Waals surface area contributed by atoms with Crippen molar-refractivity contribution in [2.45, 2.75) is 37.8 Å². The molecule has 0 N–H and O–H groups in total. The molecule has 0 aromatic heterocycles. The first-order chi connectivity index (χ1) is 14.8. The average Bonchev–Trinajstić information content (AvgIpc) is 2.96. The predicted octanol–water partition coefficient (Wildman–Crippen LogP) is 2.55. The summed E-state index contributed by atoms with van der Waals surface area (Å²) in [5.74, 6) is -0.365. The molecule has 8 heteroatoms. The van der Waals surface area contributed by atoms with E-state index in [1.165, 1.54) is 22.5 Å². The minimum Gasteiger partial charge on any atom is -0.336 e. The largest absolute Gasteiger partial charge is 0.336 e. The molecule has 1 unspecified atom stereocenters. The van der Waals surface area contributed by atoms with Crippen molar-refractivity contribution >= 4 is 15.9 Å². The third-order valence-electron chi connectivity index (χ3n) is 6.21. The highest BCUT2D eigenvalue weighted by molar-refractivity contribution is 7.89. The number of carbonyl (C=O) groups is 1. The van der Waals surface area contributed by atoms with Crippen molar-refractivity contribution in [1.29, 1.82) is 0 Å². The van der Waals surface area contributed by atoms with Crippen LogP contribution >= 0.6 is 0 Å². The van der Waals surface area contributed by atoms with Gasteiger partial charge in [0, 0.05) is 39.3 Å². The monoisotopic (exact) mass is 445 g/mol. The molecular weight excluding hydrogens is 417 g/mol. The minimum atomic E-state index is -3.74. The van der Waals surface area contributed by atoms with E-state index >= 15 is 0 Å². The lowest BCUT2D eigenvalue weighted by Crippen LogP contribution is -2.56. The number of hydrogen-bond donors (Lipinski definition) is 0. The van der Waals surface area contributed by atoms with Crippen molar-refractivity contribution in [3.05, 3.63) is 65.0 Å². The molecule has 2 heterocycles. The highest BCUT2D eigenvalue weighted by Gasteiger charge is 2.38. The number of piperazine rings is 1. The van der Waals surface area contributed by atoms with Gasteiger partial charge in [-0.2, -0.15) is 4.31 Å². The van der Waals surface area contributed by atoms with Crippen LogP contribution in [0.15, 0.2) is 47.4 Å². The van der Waals surface area contributed by atoms with Gasteiger partial charge in [-0.3, -0.25) is 9.69 Å². The van der Waals surface area contributed by atoms with Gasteiger partial charge in [0.1, 0.15) is 5.82 Å². The molecule has 0 radical (unpaired) electrons. The van der Waals surface area contributed by atoms with E-state index < -0.39 is 15.8 Å². The highest BCUT2D eigenvalue weighted by atomic mass is 32.2. The summed E-state index contributed by atoms with van der Waals surface area (Å²) >= 11 is 0. The van der Waals surface area contributed by atoms with Gasteiger partial charge in [0.05, 0.1) is 10.9 Å². The molecule has 4 rings (SSSR count). The second kappa shape index (κ2) is 8.68. The molecule has 166 valence electrons. The molecule has 0 bridgehead atoms. The summed E-state index contributed by atoms with van der Waals surface area (Å²) in [6.07, 6.45) is 0.447. The number of benzene rings is 2. The molecule has 2 aromatic carbocycles. The zero-order valence-corrected chi connectivity index (χ0v) is 18.7.